The number of rotatable bonds is 7. The van der Waals surface area contributed by atoms with Crippen LogP contribution in [-0.4, -0.2) is 26.4 Å². The molecule has 0 spiro atoms. The van der Waals surface area contributed by atoms with Crippen LogP contribution in [0.4, 0.5) is 5.69 Å². The lowest BCUT2D eigenvalue weighted by Crippen LogP contribution is -2.25. The van der Waals surface area contributed by atoms with Crippen molar-refractivity contribution >= 4 is 28.1 Å². The van der Waals surface area contributed by atoms with E-state index in [0.29, 0.717) is 13.0 Å². The molecule has 9 heteroatoms. The third kappa shape index (κ3) is 5.52. The summed E-state index contributed by atoms with van der Waals surface area (Å²) in [6.45, 7) is 0.765. The summed E-state index contributed by atoms with van der Waals surface area (Å²) in [5.74, 6) is 0. The number of nitro benzene ring substituents is 1. The van der Waals surface area contributed by atoms with Gasteiger partial charge in [-0.15, -0.1) is 12.4 Å². The summed E-state index contributed by atoms with van der Waals surface area (Å²) in [4.78, 5) is 9.82. The van der Waals surface area contributed by atoms with Crippen molar-refractivity contribution in [3.8, 4) is 0 Å². The van der Waals surface area contributed by atoms with Crippen molar-refractivity contribution in [3.63, 3.8) is 0 Å². The molecule has 0 unspecified atom stereocenters. The molecule has 108 valence electrons. The Balaban J connectivity index is 0.00000324. The maximum absolute atomic E-state index is 11.8. The van der Waals surface area contributed by atoms with Crippen molar-refractivity contribution in [2.45, 2.75) is 17.7 Å². The topological polar surface area (TPSA) is 115 Å². The van der Waals surface area contributed by atoms with Crippen molar-refractivity contribution in [2.24, 2.45) is 5.73 Å². The highest BCUT2D eigenvalue weighted by atomic mass is 35.5. The normalized spacial score (nSPS) is 10.8. The highest BCUT2D eigenvalue weighted by molar-refractivity contribution is 7.89. The Morgan fingerprint density at radius 1 is 1.32 bits per heavy atom. The molecule has 0 saturated heterocycles. The highest BCUT2D eigenvalue weighted by Gasteiger charge is 2.16. The molecule has 0 aromatic heterocycles. The van der Waals surface area contributed by atoms with Gasteiger partial charge in [0.2, 0.25) is 10.0 Å². The Kier molecular flexibility index (Phi) is 7.53. The fraction of sp³-hybridized carbons (Fsp3) is 0.400. The van der Waals surface area contributed by atoms with Gasteiger partial charge in [0.15, 0.2) is 0 Å². The van der Waals surface area contributed by atoms with Crippen LogP contribution in [0.3, 0.4) is 0 Å². The Morgan fingerprint density at radius 2 is 2.00 bits per heavy atom. The van der Waals surface area contributed by atoms with Crippen LogP contribution in [0.25, 0.3) is 0 Å². The second-order valence-corrected chi connectivity index (χ2v) is 5.41. The molecule has 19 heavy (non-hydrogen) atoms. The van der Waals surface area contributed by atoms with E-state index in [-0.39, 0.29) is 29.5 Å². The summed E-state index contributed by atoms with van der Waals surface area (Å²) < 4.78 is 26.0. The monoisotopic (exact) mass is 309 g/mol. The number of hydrogen-bond acceptors (Lipinski definition) is 5. The van der Waals surface area contributed by atoms with Gasteiger partial charge in [0.25, 0.3) is 5.69 Å². The molecular weight excluding hydrogens is 294 g/mol. The smallest absolute Gasteiger partial charge is 0.270 e. The van der Waals surface area contributed by atoms with E-state index in [9.17, 15) is 18.5 Å². The molecule has 0 aliphatic heterocycles. The van der Waals surface area contributed by atoms with E-state index >= 15 is 0 Å². The third-order valence-electron chi connectivity index (χ3n) is 2.26. The third-order valence-corrected chi connectivity index (χ3v) is 3.72. The van der Waals surface area contributed by atoms with Crippen LogP contribution in [0.5, 0.6) is 0 Å². The first-order valence-corrected chi connectivity index (χ1v) is 6.90. The van der Waals surface area contributed by atoms with Gasteiger partial charge in [-0.05, 0) is 25.5 Å². The van der Waals surface area contributed by atoms with Crippen molar-refractivity contribution in [1.82, 2.24) is 4.72 Å². The fourth-order valence-electron chi connectivity index (χ4n) is 1.32. The first-order chi connectivity index (χ1) is 8.47. The molecular formula is C10H16ClN3O4S. The Hall–Kier alpha value is -1.22. The van der Waals surface area contributed by atoms with Crippen molar-refractivity contribution in [3.05, 3.63) is 34.4 Å². The number of nitrogens with two attached hydrogens (primary N) is 1. The maximum Gasteiger partial charge on any atom is 0.270 e. The second kappa shape index (κ2) is 8.05. The molecule has 0 aliphatic rings. The van der Waals surface area contributed by atoms with E-state index in [4.69, 9.17) is 5.73 Å². The first kappa shape index (κ1) is 17.8. The quantitative estimate of drug-likeness (QED) is 0.443. The number of nitro groups is 1. The van der Waals surface area contributed by atoms with Gasteiger partial charge in [-0.2, -0.15) is 0 Å². The molecule has 1 aromatic carbocycles. The molecule has 3 N–H and O–H groups in total. The first-order valence-electron chi connectivity index (χ1n) is 5.41. The molecule has 0 fully saturated rings. The zero-order valence-corrected chi connectivity index (χ0v) is 11.7. The molecule has 1 rings (SSSR count). The molecule has 1 aromatic rings. The lowest BCUT2D eigenvalue weighted by molar-refractivity contribution is -0.385. The molecule has 0 radical (unpaired) electrons. The molecule has 0 saturated carbocycles. The summed E-state index contributed by atoms with van der Waals surface area (Å²) in [6, 6.07) is 4.93. The minimum atomic E-state index is -3.69. The number of non-ortho nitro benzene ring substituents is 1. The minimum Gasteiger partial charge on any atom is -0.330 e. The van der Waals surface area contributed by atoms with Crippen LogP contribution in [0.1, 0.15) is 12.8 Å². The van der Waals surface area contributed by atoms with Gasteiger partial charge in [-0.25, -0.2) is 13.1 Å². The Labute approximate surface area is 117 Å². The predicted molar refractivity (Wildman–Crippen MR) is 73.8 cm³/mol. The van der Waals surface area contributed by atoms with Gasteiger partial charge in [0.05, 0.1) is 9.82 Å². The molecule has 0 amide bonds. The zero-order chi connectivity index (χ0) is 13.6. The van der Waals surface area contributed by atoms with Gasteiger partial charge >= 0.3 is 0 Å². The number of unbranched alkanes of at least 4 members (excludes halogenated alkanes) is 1. The van der Waals surface area contributed by atoms with Crippen molar-refractivity contribution < 1.29 is 13.3 Å². The van der Waals surface area contributed by atoms with Gasteiger partial charge in [0, 0.05) is 18.7 Å². The summed E-state index contributed by atoms with van der Waals surface area (Å²) in [5.41, 5.74) is 5.04. The van der Waals surface area contributed by atoms with Gasteiger partial charge < -0.3 is 5.73 Å². The van der Waals surface area contributed by atoms with E-state index in [1.165, 1.54) is 18.2 Å². The largest absolute Gasteiger partial charge is 0.330 e. The molecule has 0 heterocycles. The van der Waals surface area contributed by atoms with Crippen LogP contribution in [-0.2, 0) is 10.0 Å². The SMILES string of the molecule is Cl.NCCCCNS(=O)(=O)c1cccc([N+](=O)[O-])c1. The van der Waals surface area contributed by atoms with Gasteiger partial charge in [0.1, 0.15) is 0 Å². The zero-order valence-electron chi connectivity index (χ0n) is 10.1. The van der Waals surface area contributed by atoms with E-state index in [0.717, 1.165) is 12.5 Å². The summed E-state index contributed by atoms with van der Waals surface area (Å²) >= 11 is 0. The standard InChI is InChI=1S/C10H15N3O4S.ClH/c11-6-1-2-7-12-18(16,17)10-5-3-4-9(8-10)13(14)15;/h3-5,8,12H,1-2,6-7,11H2;1H. The van der Waals surface area contributed by atoms with Crippen LogP contribution < -0.4 is 10.5 Å². The molecule has 0 aliphatic carbocycles. The number of halogens is 1. The van der Waals surface area contributed by atoms with Crippen LogP contribution in [0, 0.1) is 10.1 Å². The Bertz CT molecular complexity index is 521. The summed E-state index contributed by atoms with van der Waals surface area (Å²) in [6.07, 6.45) is 1.35. The second-order valence-electron chi connectivity index (χ2n) is 3.65. The number of sulfonamides is 1. The van der Waals surface area contributed by atoms with Gasteiger partial charge in [-0.3, -0.25) is 10.1 Å². The predicted octanol–water partition coefficient (Wildman–Crippen LogP) is 1.03. The van der Waals surface area contributed by atoms with E-state index in [1.54, 1.807) is 0 Å². The van der Waals surface area contributed by atoms with E-state index in [1.807, 2.05) is 0 Å². The van der Waals surface area contributed by atoms with E-state index in [2.05, 4.69) is 4.72 Å². The minimum absolute atomic E-state index is 0. The molecule has 0 bridgehead atoms. The van der Waals surface area contributed by atoms with Crippen molar-refractivity contribution in [2.75, 3.05) is 13.1 Å². The summed E-state index contributed by atoms with van der Waals surface area (Å²) in [5, 5.41) is 10.6. The summed E-state index contributed by atoms with van der Waals surface area (Å²) in [7, 11) is -3.69. The maximum atomic E-state index is 11.8. The number of benzene rings is 1. The van der Waals surface area contributed by atoms with Crippen molar-refractivity contribution in [1.29, 1.82) is 0 Å². The average Bonchev–Trinajstić information content (AvgIpc) is 2.35. The van der Waals surface area contributed by atoms with Crippen LogP contribution in [0.15, 0.2) is 29.2 Å². The van der Waals surface area contributed by atoms with Gasteiger partial charge in [-0.1, -0.05) is 6.07 Å². The number of nitrogens with zero attached hydrogens (tertiary/aromatic N) is 1. The molecule has 0 atom stereocenters. The van der Waals surface area contributed by atoms with Crippen LogP contribution >= 0.6 is 12.4 Å². The lowest BCUT2D eigenvalue weighted by Gasteiger charge is -2.06. The molecule has 7 nitrogen and oxygen atoms in total. The van der Waals surface area contributed by atoms with Crippen LogP contribution in [0.2, 0.25) is 0 Å². The highest BCUT2D eigenvalue weighted by Crippen LogP contribution is 2.16. The number of hydrogen-bond donors (Lipinski definition) is 2. The average molecular weight is 310 g/mol. The number of nitrogens with one attached hydrogen (secondary N) is 1. The van der Waals surface area contributed by atoms with E-state index < -0.39 is 14.9 Å². The Morgan fingerprint density at radius 3 is 2.58 bits per heavy atom. The fourth-order valence-corrected chi connectivity index (χ4v) is 2.44. The lowest BCUT2D eigenvalue weighted by atomic mass is 10.3.